The van der Waals surface area contributed by atoms with Gasteiger partial charge in [0.05, 0.1) is 17.7 Å². The quantitative estimate of drug-likeness (QED) is 0.639. The summed E-state index contributed by atoms with van der Waals surface area (Å²) in [5, 5.41) is 26.7. The lowest BCUT2D eigenvalue weighted by Gasteiger charge is -2.33. The maximum Gasteiger partial charge on any atom is 0.158 e. The number of aromatic nitrogens is 3. The number of benzene rings is 1. The van der Waals surface area contributed by atoms with Crippen molar-refractivity contribution in [1.29, 1.82) is 5.26 Å². The normalized spacial score (nSPS) is 20.5. The lowest BCUT2D eigenvalue weighted by atomic mass is 10.0. The number of piperidine rings is 1. The van der Waals surface area contributed by atoms with E-state index in [1.807, 2.05) is 24.4 Å². The number of hydrogen-bond donors (Lipinski definition) is 3. The third kappa shape index (κ3) is 3.61. The minimum absolute atomic E-state index is 0.153. The van der Waals surface area contributed by atoms with Crippen molar-refractivity contribution in [3.8, 4) is 6.07 Å². The minimum Gasteiger partial charge on any atom is -0.390 e. The van der Waals surface area contributed by atoms with Crippen LogP contribution < -0.4 is 11.1 Å². The second kappa shape index (κ2) is 7.32. The van der Waals surface area contributed by atoms with Crippen molar-refractivity contribution in [3.05, 3.63) is 54.0 Å². The summed E-state index contributed by atoms with van der Waals surface area (Å²) in [5.74, 6) is 0.675. The number of β-amino-alcohol motifs (C(OH)–C–C–N with tert-alkyl or cyclic N) is 1. The van der Waals surface area contributed by atoms with E-state index in [0.717, 1.165) is 29.7 Å². The summed E-state index contributed by atoms with van der Waals surface area (Å²) >= 11 is 0. The van der Waals surface area contributed by atoms with Crippen molar-refractivity contribution in [2.75, 3.05) is 18.4 Å². The molecule has 0 radical (unpaired) electrons. The zero-order valence-corrected chi connectivity index (χ0v) is 14.8. The summed E-state index contributed by atoms with van der Waals surface area (Å²) in [6, 6.07) is 11.3. The van der Waals surface area contributed by atoms with Crippen molar-refractivity contribution in [1.82, 2.24) is 19.5 Å². The Hall–Kier alpha value is -2.99. The standard InChI is InChI=1S/C19H21N7O/c20-9-13-2-1-3-15(8-13)24-19-18-14(4-7-26(18)23-12-22-19)10-25-6-5-16(21)17(27)11-25/h1-4,7-8,12,16-17,27H,5-6,10-11,21H2,(H,22,23,24)/t16-,17+/m1/s1. The molecule has 0 unspecified atom stereocenters. The molecule has 1 aromatic carbocycles. The summed E-state index contributed by atoms with van der Waals surface area (Å²) < 4.78 is 1.78. The van der Waals surface area contributed by atoms with E-state index in [-0.39, 0.29) is 6.04 Å². The van der Waals surface area contributed by atoms with E-state index in [1.165, 1.54) is 6.33 Å². The topological polar surface area (TPSA) is 116 Å². The van der Waals surface area contributed by atoms with E-state index in [2.05, 4.69) is 26.4 Å². The van der Waals surface area contributed by atoms with Crippen LogP contribution in [-0.2, 0) is 6.54 Å². The number of likely N-dealkylation sites (tertiary alicyclic amines) is 1. The third-order valence-corrected chi connectivity index (χ3v) is 4.90. The van der Waals surface area contributed by atoms with Crippen molar-refractivity contribution in [2.24, 2.45) is 5.73 Å². The van der Waals surface area contributed by atoms with Crippen LogP contribution in [-0.4, -0.2) is 49.8 Å². The van der Waals surface area contributed by atoms with Gasteiger partial charge in [-0.05, 0) is 36.2 Å². The minimum atomic E-state index is -0.504. The molecule has 2 aromatic heterocycles. The Labute approximate surface area is 156 Å². The highest BCUT2D eigenvalue weighted by atomic mass is 16.3. The number of nitriles is 1. The molecule has 4 rings (SSSR count). The molecule has 0 amide bonds. The van der Waals surface area contributed by atoms with E-state index in [9.17, 15) is 5.11 Å². The Bertz CT molecular complexity index is 993. The highest BCUT2D eigenvalue weighted by Crippen LogP contribution is 2.25. The van der Waals surface area contributed by atoms with Crippen molar-refractivity contribution < 1.29 is 5.11 Å². The summed E-state index contributed by atoms with van der Waals surface area (Å²) in [6.07, 6.45) is 3.66. The van der Waals surface area contributed by atoms with Crippen LogP contribution in [0, 0.1) is 11.3 Å². The number of nitrogens with two attached hydrogens (primary N) is 1. The largest absolute Gasteiger partial charge is 0.390 e. The van der Waals surface area contributed by atoms with Crippen LogP contribution in [0.15, 0.2) is 42.9 Å². The number of hydrogen-bond acceptors (Lipinski definition) is 7. The van der Waals surface area contributed by atoms with E-state index in [4.69, 9.17) is 11.0 Å². The van der Waals surface area contributed by atoms with Gasteiger partial charge in [-0.3, -0.25) is 4.90 Å². The fraction of sp³-hybridized carbons (Fsp3) is 0.316. The molecular formula is C19H21N7O. The fourth-order valence-corrected chi connectivity index (χ4v) is 3.44. The smallest absolute Gasteiger partial charge is 0.158 e. The maximum atomic E-state index is 10.1. The van der Waals surface area contributed by atoms with Crippen molar-refractivity contribution in [2.45, 2.75) is 25.1 Å². The molecule has 1 aliphatic rings. The fourth-order valence-electron chi connectivity index (χ4n) is 3.44. The molecule has 4 N–H and O–H groups in total. The predicted molar refractivity (Wildman–Crippen MR) is 101 cm³/mol. The van der Waals surface area contributed by atoms with Gasteiger partial charge in [-0.25, -0.2) is 9.50 Å². The van der Waals surface area contributed by atoms with E-state index in [1.54, 1.807) is 16.6 Å². The number of nitrogens with zero attached hydrogens (tertiary/aromatic N) is 5. The first-order valence-electron chi connectivity index (χ1n) is 8.88. The summed E-state index contributed by atoms with van der Waals surface area (Å²) in [7, 11) is 0. The van der Waals surface area contributed by atoms with E-state index >= 15 is 0 Å². The summed E-state index contributed by atoms with van der Waals surface area (Å²) in [5.41, 5.74) is 9.23. The van der Waals surface area contributed by atoms with Crippen LogP contribution in [0.3, 0.4) is 0 Å². The Morgan fingerprint density at radius 2 is 2.26 bits per heavy atom. The first kappa shape index (κ1) is 17.4. The number of rotatable bonds is 4. The van der Waals surface area contributed by atoms with Crippen LogP contribution in [0.1, 0.15) is 17.5 Å². The maximum absolute atomic E-state index is 10.1. The Balaban J connectivity index is 1.62. The van der Waals surface area contributed by atoms with Gasteiger partial charge in [0, 0.05) is 37.6 Å². The first-order valence-corrected chi connectivity index (χ1v) is 8.88. The van der Waals surface area contributed by atoms with Crippen LogP contribution in [0.4, 0.5) is 11.5 Å². The molecule has 3 heterocycles. The second-order valence-electron chi connectivity index (χ2n) is 6.82. The molecule has 0 bridgehead atoms. The summed E-state index contributed by atoms with van der Waals surface area (Å²) in [6.45, 7) is 2.08. The highest BCUT2D eigenvalue weighted by molar-refractivity contribution is 5.76. The van der Waals surface area contributed by atoms with Gasteiger partial charge in [-0.1, -0.05) is 6.07 Å². The van der Waals surface area contributed by atoms with Crippen LogP contribution in [0.2, 0.25) is 0 Å². The predicted octanol–water partition coefficient (Wildman–Crippen LogP) is 1.24. The van der Waals surface area contributed by atoms with Gasteiger partial charge >= 0.3 is 0 Å². The first-order chi connectivity index (χ1) is 13.1. The summed E-state index contributed by atoms with van der Waals surface area (Å²) in [4.78, 5) is 6.59. The number of fused-ring (bicyclic) bond motifs is 1. The molecule has 138 valence electrons. The molecule has 1 aliphatic heterocycles. The van der Waals surface area contributed by atoms with Crippen molar-refractivity contribution >= 4 is 17.0 Å². The molecule has 0 saturated carbocycles. The van der Waals surface area contributed by atoms with Gasteiger partial charge in [0.25, 0.3) is 0 Å². The Morgan fingerprint density at radius 3 is 3.07 bits per heavy atom. The monoisotopic (exact) mass is 363 g/mol. The molecule has 27 heavy (non-hydrogen) atoms. The SMILES string of the molecule is N#Cc1cccc(Nc2ncnn3ccc(CN4CC[C@@H](N)[C@@H](O)C4)c23)c1. The molecule has 2 atom stereocenters. The molecule has 8 nitrogen and oxygen atoms in total. The Kier molecular flexibility index (Phi) is 4.73. The molecule has 0 spiro atoms. The number of aliphatic hydroxyl groups is 1. The van der Waals surface area contributed by atoms with Gasteiger partial charge in [0.2, 0.25) is 0 Å². The van der Waals surface area contributed by atoms with Gasteiger partial charge in [-0.15, -0.1) is 0 Å². The molecular weight excluding hydrogens is 342 g/mol. The van der Waals surface area contributed by atoms with Crippen LogP contribution in [0.5, 0.6) is 0 Å². The zero-order chi connectivity index (χ0) is 18.8. The zero-order valence-electron chi connectivity index (χ0n) is 14.8. The molecule has 0 aliphatic carbocycles. The van der Waals surface area contributed by atoms with E-state index in [0.29, 0.717) is 24.5 Å². The number of aliphatic hydroxyl groups excluding tert-OH is 1. The number of anilines is 2. The molecule has 1 fully saturated rings. The Morgan fingerprint density at radius 1 is 1.37 bits per heavy atom. The second-order valence-corrected chi connectivity index (χ2v) is 6.82. The highest BCUT2D eigenvalue weighted by Gasteiger charge is 2.25. The van der Waals surface area contributed by atoms with E-state index < -0.39 is 6.10 Å². The van der Waals surface area contributed by atoms with Crippen LogP contribution >= 0.6 is 0 Å². The average Bonchev–Trinajstić information content (AvgIpc) is 3.09. The van der Waals surface area contributed by atoms with Gasteiger partial charge in [0.15, 0.2) is 5.82 Å². The molecule has 8 heteroatoms. The average molecular weight is 363 g/mol. The lowest BCUT2D eigenvalue weighted by molar-refractivity contribution is 0.0501. The van der Waals surface area contributed by atoms with Gasteiger partial charge < -0.3 is 16.2 Å². The van der Waals surface area contributed by atoms with Gasteiger partial charge in [0.1, 0.15) is 11.8 Å². The lowest BCUT2D eigenvalue weighted by Crippen LogP contribution is -2.50. The molecule has 1 saturated heterocycles. The van der Waals surface area contributed by atoms with Crippen molar-refractivity contribution in [3.63, 3.8) is 0 Å². The third-order valence-electron chi connectivity index (χ3n) is 4.90. The van der Waals surface area contributed by atoms with Crippen LogP contribution in [0.25, 0.3) is 5.52 Å². The number of nitrogens with one attached hydrogen (secondary N) is 1. The van der Waals surface area contributed by atoms with Gasteiger partial charge in [-0.2, -0.15) is 10.4 Å². The molecule has 3 aromatic rings.